The van der Waals surface area contributed by atoms with Gasteiger partial charge in [-0.2, -0.15) is 4.68 Å². The molecule has 17 heavy (non-hydrogen) atoms. The maximum Gasteiger partial charge on any atom is 0.408 e. The van der Waals surface area contributed by atoms with Crippen LogP contribution >= 0.6 is 11.6 Å². The Hall–Kier alpha value is -1.67. The number of carbonyl (C=O) groups excluding carboxylic acids is 1. The third-order valence-corrected chi connectivity index (χ3v) is 2.46. The van der Waals surface area contributed by atoms with E-state index in [2.05, 4.69) is 10.4 Å². The summed E-state index contributed by atoms with van der Waals surface area (Å²) in [5, 5.41) is 25.0. The average Bonchev–Trinajstić information content (AvgIpc) is 2.55. The van der Waals surface area contributed by atoms with Gasteiger partial charge in [-0.05, 0) is 11.8 Å². The van der Waals surface area contributed by atoms with Crippen LogP contribution in [0.4, 0.5) is 5.82 Å². The highest BCUT2D eigenvalue weighted by atomic mass is 35.5. The van der Waals surface area contributed by atoms with Gasteiger partial charge in [0.05, 0.1) is 17.4 Å². The van der Waals surface area contributed by atoms with E-state index in [4.69, 9.17) is 16.7 Å². The van der Waals surface area contributed by atoms with E-state index in [9.17, 15) is 14.9 Å². The summed E-state index contributed by atoms with van der Waals surface area (Å²) in [6.45, 7) is 1.29. The summed E-state index contributed by atoms with van der Waals surface area (Å²) in [5.74, 6) is -0.879. The van der Waals surface area contributed by atoms with E-state index in [0.29, 0.717) is 5.69 Å². The molecule has 0 spiro atoms. The van der Waals surface area contributed by atoms with Crippen LogP contribution in [0.15, 0.2) is 0 Å². The smallest absolute Gasteiger partial charge is 0.395 e. The highest BCUT2D eigenvalue weighted by molar-refractivity contribution is 6.33. The lowest BCUT2D eigenvalue weighted by Crippen LogP contribution is -2.30. The molecule has 94 valence electrons. The van der Waals surface area contributed by atoms with Gasteiger partial charge in [0, 0.05) is 6.54 Å². The van der Waals surface area contributed by atoms with Crippen LogP contribution in [0.2, 0.25) is 5.02 Å². The average molecular weight is 263 g/mol. The van der Waals surface area contributed by atoms with Gasteiger partial charge in [-0.25, -0.2) is 0 Å². The minimum Gasteiger partial charge on any atom is -0.395 e. The van der Waals surface area contributed by atoms with Gasteiger partial charge in [-0.15, -0.1) is 0 Å². The van der Waals surface area contributed by atoms with Crippen molar-refractivity contribution in [3.8, 4) is 0 Å². The van der Waals surface area contributed by atoms with Gasteiger partial charge in [-0.1, -0.05) is 11.6 Å². The maximum atomic E-state index is 11.3. The van der Waals surface area contributed by atoms with E-state index in [-0.39, 0.29) is 24.7 Å². The lowest BCUT2D eigenvalue weighted by molar-refractivity contribution is -0.389. The molecule has 0 fully saturated rings. The van der Waals surface area contributed by atoms with E-state index in [0.717, 1.165) is 4.68 Å². The zero-order valence-corrected chi connectivity index (χ0v) is 9.77. The molecule has 8 nitrogen and oxygen atoms in total. The van der Waals surface area contributed by atoms with E-state index in [1.807, 2.05) is 0 Å². The van der Waals surface area contributed by atoms with Crippen molar-refractivity contribution < 1.29 is 14.8 Å². The Kier molecular flexibility index (Phi) is 4.41. The molecule has 1 aromatic heterocycles. The molecule has 0 aliphatic carbocycles. The van der Waals surface area contributed by atoms with Crippen molar-refractivity contribution in [3.05, 3.63) is 20.8 Å². The molecule has 0 unspecified atom stereocenters. The second kappa shape index (κ2) is 5.60. The molecule has 0 radical (unpaired) electrons. The van der Waals surface area contributed by atoms with Crippen LogP contribution in [0.1, 0.15) is 5.69 Å². The number of carbonyl (C=O) groups is 1. The number of aliphatic hydroxyl groups excluding tert-OH is 1. The van der Waals surface area contributed by atoms with Crippen molar-refractivity contribution in [2.24, 2.45) is 0 Å². The molecule has 0 saturated heterocycles. The summed E-state index contributed by atoms with van der Waals surface area (Å²) in [5.41, 5.74) is 0.345. The minimum absolute atomic E-state index is 0.0787. The second-order valence-electron chi connectivity index (χ2n) is 3.21. The van der Waals surface area contributed by atoms with Gasteiger partial charge >= 0.3 is 5.82 Å². The number of nitro groups is 1. The molecule has 1 aromatic rings. The number of nitrogens with zero attached hydrogens (tertiary/aromatic N) is 3. The first-order chi connectivity index (χ1) is 7.97. The Labute approximate surface area is 101 Å². The standard InChI is InChI=1S/C8H11ClN4O4/c1-5-7(9)8(13(16)17)11-12(5)4-6(15)10-2-3-14/h14H,2-4H2,1H3,(H,10,15). The first-order valence-corrected chi connectivity index (χ1v) is 5.10. The van der Waals surface area contributed by atoms with E-state index < -0.39 is 16.6 Å². The SMILES string of the molecule is Cc1c(Cl)c([N+](=O)[O-])nn1CC(=O)NCCO. The van der Waals surface area contributed by atoms with Gasteiger partial charge < -0.3 is 20.5 Å². The van der Waals surface area contributed by atoms with Crippen molar-refractivity contribution in [1.82, 2.24) is 15.1 Å². The van der Waals surface area contributed by atoms with Crippen molar-refractivity contribution in [3.63, 3.8) is 0 Å². The van der Waals surface area contributed by atoms with E-state index in [1.54, 1.807) is 0 Å². The Balaban J connectivity index is 2.82. The predicted molar refractivity (Wildman–Crippen MR) is 58.7 cm³/mol. The summed E-state index contributed by atoms with van der Waals surface area (Å²) >= 11 is 5.70. The van der Waals surface area contributed by atoms with Crippen LogP contribution in [-0.2, 0) is 11.3 Å². The minimum atomic E-state index is -0.711. The van der Waals surface area contributed by atoms with Crippen LogP contribution in [0, 0.1) is 17.0 Å². The van der Waals surface area contributed by atoms with Gasteiger partial charge in [0.2, 0.25) is 5.91 Å². The Morgan fingerprint density at radius 3 is 2.82 bits per heavy atom. The first-order valence-electron chi connectivity index (χ1n) is 4.72. The van der Waals surface area contributed by atoms with Gasteiger partial charge in [-0.3, -0.25) is 4.79 Å². The number of rotatable bonds is 5. The summed E-state index contributed by atoms with van der Waals surface area (Å²) in [4.78, 5) is 21.2. The maximum absolute atomic E-state index is 11.3. The highest BCUT2D eigenvalue weighted by Crippen LogP contribution is 2.26. The molecule has 1 heterocycles. The quantitative estimate of drug-likeness (QED) is 0.567. The Morgan fingerprint density at radius 1 is 1.71 bits per heavy atom. The van der Waals surface area contributed by atoms with Crippen LogP contribution in [0.5, 0.6) is 0 Å². The van der Waals surface area contributed by atoms with Crippen LogP contribution in [-0.4, -0.2) is 38.9 Å². The molecule has 0 aliphatic heterocycles. The summed E-state index contributed by atoms with van der Waals surface area (Å²) in [7, 11) is 0. The topological polar surface area (TPSA) is 110 Å². The molecule has 0 aromatic carbocycles. The highest BCUT2D eigenvalue weighted by Gasteiger charge is 2.24. The number of aromatic nitrogens is 2. The molecule has 9 heteroatoms. The molecule has 1 amide bonds. The van der Waals surface area contributed by atoms with Crippen LogP contribution in [0.3, 0.4) is 0 Å². The third-order valence-electron chi connectivity index (χ3n) is 2.02. The normalized spacial score (nSPS) is 10.3. The summed E-state index contributed by atoms with van der Waals surface area (Å²) in [6.07, 6.45) is 0. The number of hydrogen-bond acceptors (Lipinski definition) is 5. The monoisotopic (exact) mass is 262 g/mol. The van der Waals surface area contributed by atoms with Crippen molar-refractivity contribution >= 4 is 23.3 Å². The number of halogens is 1. The second-order valence-corrected chi connectivity index (χ2v) is 3.59. The molecule has 0 bridgehead atoms. The fourth-order valence-electron chi connectivity index (χ4n) is 1.17. The van der Waals surface area contributed by atoms with Gasteiger partial charge in [0.1, 0.15) is 6.54 Å². The lowest BCUT2D eigenvalue weighted by atomic mass is 10.4. The number of hydrogen-bond donors (Lipinski definition) is 2. The molecule has 2 N–H and O–H groups in total. The fourth-order valence-corrected chi connectivity index (χ4v) is 1.37. The van der Waals surface area contributed by atoms with Crippen molar-refractivity contribution in [2.45, 2.75) is 13.5 Å². The van der Waals surface area contributed by atoms with Gasteiger partial charge in [0.15, 0.2) is 5.02 Å². The Bertz CT molecular complexity index is 445. The van der Waals surface area contributed by atoms with Crippen molar-refractivity contribution in [1.29, 1.82) is 0 Å². The van der Waals surface area contributed by atoms with Crippen LogP contribution in [0.25, 0.3) is 0 Å². The lowest BCUT2D eigenvalue weighted by Gasteiger charge is -2.01. The van der Waals surface area contributed by atoms with Crippen LogP contribution < -0.4 is 5.32 Å². The summed E-state index contributed by atoms with van der Waals surface area (Å²) in [6, 6.07) is 0. The van der Waals surface area contributed by atoms with E-state index in [1.165, 1.54) is 6.92 Å². The zero-order chi connectivity index (χ0) is 13.0. The largest absolute Gasteiger partial charge is 0.408 e. The zero-order valence-electron chi connectivity index (χ0n) is 9.01. The Morgan fingerprint density at radius 2 is 2.35 bits per heavy atom. The van der Waals surface area contributed by atoms with E-state index >= 15 is 0 Å². The molecule has 0 aliphatic rings. The fraction of sp³-hybridized carbons (Fsp3) is 0.500. The molecular formula is C8H11ClN4O4. The first kappa shape index (κ1) is 13.4. The van der Waals surface area contributed by atoms with Crippen molar-refractivity contribution in [2.75, 3.05) is 13.2 Å². The molecular weight excluding hydrogens is 252 g/mol. The predicted octanol–water partition coefficient (Wildman–Crippen LogP) is -0.138. The molecule has 0 atom stereocenters. The van der Waals surface area contributed by atoms with Gasteiger partial charge in [0.25, 0.3) is 0 Å². The summed E-state index contributed by atoms with van der Waals surface area (Å²) < 4.78 is 1.15. The molecule has 0 saturated carbocycles. The number of amides is 1. The number of aliphatic hydroxyl groups is 1. The molecule has 1 rings (SSSR count). The third kappa shape index (κ3) is 3.14. The number of nitrogens with one attached hydrogen (secondary N) is 1.